The predicted octanol–water partition coefficient (Wildman–Crippen LogP) is 5.28. The molecule has 2 aromatic carbocycles. The summed E-state index contributed by atoms with van der Waals surface area (Å²) >= 11 is 0. The van der Waals surface area contributed by atoms with E-state index in [0.29, 0.717) is 26.2 Å². The maximum atomic E-state index is 12.8. The molecule has 2 fully saturated rings. The molecule has 0 aliphatic carbocycles. The number of ether oxygens (including phenoxy) is 2. The van der Waals surface area contributed by atoms with Gasteiger partial charge in [-0.3, -0.25) is 9.78 Å². The van der Waals surface area contributed by atoms with Crippen molar-refractivity contribution in [3.8, 4) is 5.75 Å². The van der Waals surface area contributed by atoms with Crippen LogP contribution < -0.4 is 14.5 Å². The fourth-order valence-corrected chi connectivity index (χ4v) is 5.70. The van der Waals surface area contributed by atoms with Gasteiger partial charge in [0.15, 0.2) is 0 Å². The number of rotatable bonds is 6. The Kier molecular flexibility index (Phi) is 8.24. The first-order chi connectivity index (χ1) is 19.6. The van der Waals surface area contributed by atoms with Crippen LogP contribution in [0.5, 0.6) is 5.75 Å². The Labute approximate surface area is 242 Å². The van der Waals surface area contributed by atoms with Crippen molar-refractivity contribution >= 4 is 34.1 Å². The van der Waals surface area contributed by atoms with E-state index in [-0.39, 0.29) is 18.0 Å². The summed E-state index contributed by atoms with van der Waals surface area (Å²) in [5, 5.41) is 2.23. The van der Waals surface area contributed by atoms with Gasteiger partial charge >= 0.3 is 6.09 Å². The van der Waals surface area contributed by atoms with Crippen LogP contribution >= 0.6 is 0 Å². The average Bonchev–Trinajstić information content (AvgIpc) is 2.97. The summed E-state index contributed by atoms with van der Waals surface area (Å²) < 4.78 is 10.9. The molecule has 0 spiro atoms. The van der Waals surface area contributed by atoms with E-state index in [1.165, 1.54) is 0 Å². The second-order valence-electron chi connectivity index (χ2n) is 11.9. The van der Waals surface area contributed by atoms with Crippen molar-refractivity contribution in [2.75, 3.05) is 50.3 Å². The van der Waals surface area contributed by atoms with Crippen molar-refractivity contribution in [1.29, 1.82) is 0 Å². The SMILES string of the molecule is COc1ccc(CN2CN(c3cncc4c(N5CCC(N(C)C(=O)OC(C)(C)C)CC5)cccc34)CCC2=O)cc1. The van der Waals surface area contributed by atoms with Crippen LogP contribution in [0, 0.1) is 0 Å². The number of hydrogen-bond donors (Lipinski definition) is 0. The molecule has 3 heterocycles. The van der Waals surface area contributed by atoms with Gasteiger partial charge in [-0.25, -0.2) is 4.79 Å². The second kappa shape index (κ2) is 11.8. The lowest BCUT2D eigenvalue weighted by Crippen LogP contribution is -2.48. The lowest BCUT2D eigenvalue weighted by atomic mass is 10.0. The molecule has 2 aliphatic heterocycles. The number of pyridine rings is 1. The lowest BCUT2D eigenvalue weighted by molar-refractivity contribution is -0.133. The van der Waals surface area contributed by atoms with Crippen LogP contribution in [-0.2, 0) is 16.1 Å². The van der Waals surface area contributed by atoms with E-state index in [2.05, 4.69) is 33.0 Å². The maximum Gasteiger partial charge on any atom is 0.410 e. The van der Waals surface area contributed by atoms with E-state index >= 15 is 0 Å². The van der Waals surface area contributed by atoms with E-state index in [4.69, 9.17) is 9.47 Å². The van der Waals surface area contributed by atoms with Gasteiger partial charge in [-0.15, -0.1) is 0 Å². The highest BCUT2D eigenvalue weighted by Gasteiger charge is 2.30. The summed E-state index contributed by atoms with van der Waals surface area (Å²) in [4.78, 5) is 38.4. The number of hydrogen-bond acceptors (Lipinski definition) is 7. The van der Waals surface area contributed by atoms with Crippen LogP contribution in [0.15, 0.2) is 54.9 Å². The van der Waals surface area contributed by atoms with Crippen molar-refractivity contribution in [3.05, 3.63) is 60.4 Å². The molecular weight excluding hydrogens is 518 g/mol. The standard InChI is InChI=1S/C32H41N5O4/c1-32(2,3)41-31(39)34(4)24-13-16-35(17-14-24)28-8-6-7-26-27(28)19-33-20-29(26)36-18-15-30(38)37(22-36)21-23-9-11-25(40-5)12-10-23/h6-12,19-20,24H,13-18,21-22H2,1-5H3. The molecular formula is C32H41N5O4. The van der Waals surface area contributed by atoms with Crippen molar-refractivity contribution < 1.29 is 19.1 Å². The van der Waals surface area contributed by atoms with E-state index < -0.39 is 5.60 Å². The Hall–Kier alpha value is -4.01. The quantitative estimate of drug-likeness (QED) is 0.407. The van der Waals surface area contributed by atoms with Gasteiger partial charge < -0.3 is 29.1 Å². The number of fused-ring (bicyclic) bond motifs is 1. The number of benzene rings is 2. The molecule has 0 radical (unpaired) electrons. The predicted molar refractivity (Wildman–Crippen MR) is 161 cm³/mol. The first-order valence-electron chi connectivity index (χ1n) is 14.4. The van der Waals surface area contributed by atoms with Gasteiger partial charge in [-0.2, -0.15) is 0 Å². The number of carbonyl (C=O) groups excluding carboxylic acids is 2. The summed E-state index contributed by atoms with van der Waals surface area (Å²) in [5.74, 6) is 0.961. The zero-order valence-electron chi connectivity index (χ0n) is 24.8. The van der Waals surface area contributed by atoms with E-state index in [1.807, 2.05) is 69.4 Å². The van der Waals surface area contributed by atoms with E-state index in [0.717, 1.165) is 59.4 Å². The summed E-state index contributed by atoms with van der Waals surface area (Å²) in [7, 11) is 3.49. The highest BCUT2D eigenvalue weighted by Crippen LogP contribution is 2.35. The lowest BCUT2D eigenvalue weighted by Gasteiger charge is -2.39. The maximum absolute atomic E-state index is 12.8. The molecule has 5 rings (SSSR count). The minimum atomic E-state index is -0.506. The van der Waals surface area contributed by atoms with Gasteiger partial charge in [0.2, 0.25) is 5.91 Å². The number of aromatic nitrogens is 1. The first kappa shape index (κ1) is 28.5. The Balaban J connectivity index is 1.30. The number of nitrogens with zero attached hydrogens (tertiary/aromatic N) is 5. The fraction of sp³-hybridized carbons (Fsp3) is 0.469. The number of anilines is 2. The molecule has 3 aromatic rings. The molecule has 0 unspecified atom stereocenters. The third kappa shape index (κ3) is 6.50. The summed E-state index contributed by atoms with van der Waals surface area (Å²) in [6.07, 6.45) is 5.79. The molecule has 1 aromatic heterocycles. The first-order valence-corrected chi connectivity index (χ1v) is 14.4. The van der Waals surface area contributed by atoms with Gasteiger partial charge in [0.05, 0.1) is 25.7 Å². The molecule has 0 N–H and O–H groups in total. The fourth-order valence-electron chi connectivity index (χ4n) is 5.70. The van der Waals surface area contributed by atoms with Gasteiger partial charge in [0, 0.05) is 68.3 Å². The molecule has 0 bridgehead atoms. The van der Waals surface area contributed by atoms with Gasteiger partial charge in [-0.05, 0) is 57.4 Å². The normalized spacial score (nSPS) is 16.7. The third-order valence-electron chi connectivity index (χ3n) is 7.96. The zero-order chi connectivity index (χ0) is 29.1. The minimum absolute atomic E-state index is 0.146. The monoisotopic (exact) mass is 559 g/mol. The molecule has 218 valence electrons. The van der Waals surface area contributed by atoms with E-state index in [1.54, 1.807) is 12.0 Å². The van der Waals surface area contributed by atoms with Crippen LogP contribution in [0.4, 0.5) is 16.2 Å². The Bertz CT molecular complexity index is 1380. The van der Waals surface area contributed by atoms with Crippen molar-refractivity contribution in [1.82, 2.24) is 14.8 Å². The third-order valence-corrected chi connectivity index (χ3v) is 7.96. The number of amides is 2. The number of carbonyl (C=O) groups is 2. The molecule has 9 nitrogen and oxygen atoms in total. The second-order valence-corrected chi connectivity index (χ2v) is 11.9. The molecule has 2 saturated heterocycles. The van der Waals surface area contributed by atoms with Crippen LogP contribution in [0.25, 0.3) is 10.8 Å². The molecule has 41 heavy (non-hydrogen) atoms. The van der Waals surface area contributed by atoms with Crippen molar-refractivity contribution in [3.63, 3.8) is 0 Å². The summed E-state index contributed by atoms with van der Waals surface area (Å²) in [6.45, 7) is 9.09. The highest BCUT2D eigenvalue weighted by atomic mass is 16.6. The topological polar surface area (TPSA) is 78.5 Å². The smallest absolute Gasteiger partial charge is 0.410 e. The highest BCUT2D eigenvalue weighted by molar-refractivity contribution is 6.01. The molecule has 9 heteroatoms. The zero-order valence-corrected chi connectivity index (χ0v) is 24.8. The molecule has 0 saturated carbocycles. The summed E-state index contributed by atoms with van der Waals surface area (Å²) in [5.41, 5.74) is 2.75. The Morgan fingerprint density at radius 1 is 0.976 bits per heavy atom. The average molecular weight is 560 g/mol. The number of methoxy groups -OCH3 is 1. The molecule has 2 amide bonds. The largest absolute Gasteiger partial charge is 0.497 e. The van der Waals surface area contributed by atoms with Crippen molar-refractivity contribution in [2.24, 2.45) is 0 Å². The summed E-state index contributed by atoms with van der Waals surface area (Å²) in [6, 6.07) is 14.4. The number of piperidine rings is 1. The van der Waals surface area contributed by atoms with Crippen LogP contribution in [0.1, 0.15) is 45.6 Å². The van der Waals surface area contributed by atoms with Crippen LogP contribution in [0.2, 0.25) is 0 Å². The molecule has 2 aliphatic rings. The van der Waals surface area contributed by atoms with Crippen LogP contribution in [-0.4, -0.2) is 78.9 Å². The van der Waals surface area contributed by atoms with Crippen LogP contribution in [0.3, 0.4) is 0 Å². The molecule has 0 atom stereocenters. The minimum Gasteiger partial charge on any atom is -0.497 e. The Morgan fingerprint density at radius 3 is 2.39 bits per heavy atom. The van der Waals surface area contributed by atoms with Gasteiger partial charge in [0.25, 0.3) is 0 Å². The van der Waals surface area contributed by atoms with E-state index in [9.17, 15) is 9.59 Å². The van der Waals surface area contributed by atoms with Crippen molar-refractivity contribution in [2.45, 2.75) is 58.2 Å². The van der Waals surface area contributed by atoms with Gasteiger partial charge in [0.1, 0.15) is 11.4 Å². The van der Waals surface area contributed by atoms with Gasteiger partial charge in [-0.1, -0.05) is 24.3 Å². The Morgan fingerprint density at radius 2 is 1.71 bits per heavy atom.